The molecule has 42 heavy (non-hydrogen) atoms. The van der Waals surface area contributed by atoms with Crippen molar-refractivity contribution in [1.82, 2.24) is 0 Å². The Morgan fingerprint density at radius 1 is 0.381 bits per heavy atom. The van der Waals surface area contributed by atoms with Crippen molar-refractivity contribution in [3.63, 3.8) is 0 Å². The zero-order chi connectivity index (χ0) is 33.3. The molecule has 5 nitrogen and oxygen atoms in total. The van der Waals surface area contributed by atoms with Gasteiger partial charge in [0.15, 0.2) is 0 Å². The number of ether oxygens (including phenoxy) is 4. The van der Waals surface area contributed by atoms with E-state index in [1.165, 1.54) is 0 Å². The van der Waals surface area contributed by atoms with Gasteiger partial charge in [-0.2, -0.15) is 0 Å². The Morgan fingerprint density at radius 3 is 0.881 bits per heavy atom. The van der Waals surface area contributed by atoms with Crippen molar-refractivity contribution in [2.24, 2.45) is 43.6 Å². The van der Waals surface area contributed by atoms with Gasteiger partial charge in [-0.15, -0.1) is 0 Å². The summed E-state index contributed by atoms with van der Waals surface area (Å²) < 4.78 is 26.2. The average molecular weight is 600 g/mol. The third-order valence-corrected chi connectivity index (χ3v) is 7.51. The van der Waals surface area contributed by atoms with Gasteiger partial charge >= 0.3 is 0 Å². The first-order valence-corrected chi connectivity index (χ1v) is 16.6. The maximum absolute atomic E-state index is 6.59. The molecule has 0 amide bonds. The Labute approximate surface area is 264 Å². The van der Waals surface area contributed by atoms with E-state index in [2.05, 4.69) is 118 Å². The van der Waals surface area contributed by atoms with Crippen molar-refractivity contribution in [2.75, 3.05) is 52.9 Å². The number of hydrogen-bond acceptors (Lipinski definition) is 5. The molecule has 0 aromatic rings. The summed E-state index contributed by atoms with van der Waals surface area (Å²) in [4.78, 5) is 0. The van der Waals surface area contributed by atoms with Gasteiger partial charge in [-0.25, -0.2) is 0 Å². The molecule has 0 spiro atoms. The molecule has 0 atom stereocenters. The van der Waals surface area contributed by atoms with Gasteiger partial charge in [0, 0.05) is 5.54 Å². The minimum absolute atomic E-state index is 0.0415. The van der Waals surface area contributed by atoms with Gasteiger partial charge < -0.3 is 24.7 Å². The highest BCUT2D eigenvalue weighted by Gasteiger charge is 2.37. The van der Waals surface area contributed by atoms with Crippen LogP contribution in [0.3, 0.4) is 0 Å². The van der Waals surface area contributed by atoms with Crippen LogP contribution in [0, 0.1) is 37.9 Å². The van der Waals surface area contributed by atoms with E-state index in [0.29, 0.717) is 52.9 Å². The van der Waals surface area contributed by atoms with Crippen LogP contribution in [0.2, 0.25) is 0 Å². The average Bonchev–Trinajstić information content (AvgIpc) is 2.67. The molecule has 0 aliphatic heterocycles. The SMILES string of the molecule is CCC(C)(C)COCC(COCC(C)(C)CC(C)(C)C)(COCC(C)(C)CC(C)(C)C)COCC(C)(C)CC(C)(C)N. The van der Waals surface area contributed by atoms with E-state index >= 15 is 0 Å². The topological polar surface area (TPSA) is 62.9 Å². The van der Waals surface area contributed by atoms with E-state index in [4.69, 9.17) is 24.7 Å². The fourth-order valence-electron chi connectivity index (χ4n) is 6.79. The largest absolute Gasteiger partial charge is 0.380 e. The minimum Gasteiger partial charge on any atom is -0.380 e. The summed E-state index contributed by atoms with van der Waals surface area (Å²) in [6.07, 6.45) is 4.12. The maximum atomic E-state index is 6.59. The monoisotopic (exact) mass is 600 g/mol. The van der Waals surface area contributed by atoms with E-state index < -0.39 is 5.41 Å². The summed E-state index contributed by atoms with van der Waals surface area (Å²) in [5, 5.41) is 0. The van der Waals surface area contributed by atoms with Crippen molar-refractivity contribution in [3.8, 4) is 0 Å². The van der Waals surface area contributed by atoms with Gasteiger partial charge in [-0.1, -0.05) is 104 Å². The second kappa shape index (κ2) is 15.9. The predicted octanol–water partition coefficient (Wildman–Crippen LogP) is 9.55. The number of hydrogen-bond donors (Lipinski definition) is 1. The highest BCUT2D eigenvalue weighted by Crippen LogP contribution is 2.36. The first-order chi connectivity index (χ1) is 18.5. The molecule has 0 aromatic heterocycles. The van der Waals surface area contributed by atoms with Crippen LogP contribution in [-0.4, -0.2) is 58.4 Å². The number of rotatable bonds is 21. The van der Waals surface area contributed by atoms with E-state index in [1.54, 1.807) is 0 Å². The Hall–Kier alpha value is -0.200. The maximum Gasteiger partial charge on any atom is 0.0637 e. The Kier molecular flexibility index (Phi) is 15.8. The highest BCUT2D eigenvalue weighted by atomic mass is 16.5. The van der Waals surface area contributed by atoms with E-state index in [9.17, 15) is 0 Å². The van der Waals surface area contributed by atoms with Crippen LogP contribution in [0.15, 0.2) is 0 Å². The second-order valence-electron chi connectivity index (χ2n) is 20.1. The summed E-state index contributed by atoms with van der Waals surface area (Å²) in [5.41, 5.74) is 6.43. The van der Waals surface area contributed by atoms with Crippen LogP contribution in [0.4, 0.5) is 0 Å². The molecule has 0 aromatic carbocycles. The third-order valence-electron chi connectivity index (χ3n) is 7.51. The molecule has 0 aliphatic rings. The molecule has 0 fully saturated rings. The van der Waals surface area contributed by atoms with Gasteiger partial charge in [0.1, 0.15) is 0 Å². The Bertz CT molecular complexity index is 664. The molecule has 2 N–H and O–H groups in total. The molecule has 0 saturated carbocycles. The zero-order valence-electron chi connectivity index (χ0n) is 31.7. The third kappa shape index (κ3) is 21.5. The summed E-state index contributed by atoms with van der Waals surface area (Å²) in [5.74, 6) is 0. The lowest BCUT2D eigenvalue weighted by atomic mass is 9.77. The van der Waals surface area contributed by atoms with E-state index in [0.717, 1.165) is 25.7 Å². The molecule has 0 radical (unpaired) electrons. The van der Waals surface area contributed by atoms with Crippen molar-refractivity contribution < 1.29 is 18.9 Å². The highest BCUT2D eigenvalue weighted by molar-refractivity contribution is 4.85. The van der Waals surface area contributed by atoms with Crippen molar-refractivity contribution >= 4 is 0 Å². The standard InChI is InChI=1S/C37H77NO4/c1-18-32(8,9)22-39-26-37(27-40-23-33(10,11)19-30(2,3)4,28-41-24-34(12,13)20-31(5,6)7)29-42-25-35(14,15)21-36(16,17)38/h18-29,38H2,1-17H3. The molecule has 0 saturated heterocycles. The fraction of sp³-hybridized carbons (Fsp3) is 1.00. The van der Waals surface area contributed by atoms with Crippen LogP contribution < -0.4 is 5.73 Å². The molecule has 254 valence electrons. The molecule has 0 aliphatic carbocycles. The zero-order valence-corrected chi connectivity index (χ0v) is 31.7. The predicted molar refractivity (Wildman–Crippen MR) is 182 cm³/mol. The lowest BCUT2D eigenvalue weighted by Gasteiger charge is -2.39. The normalized spacial score (nSPS) is 15.0. The lowest BCUT2D eigenvalue weighted by molar-refractivity contribution is -0.134. The van der Waals surface area contributed by atoms with Crippen LogP contribution in [0.1, 0.15) is 143 Å². The molecule has 5 heteroatoms. The lowest BCUT2D eigenvalue weighted by Crippen LogP contribution is -2.45. The molecule has 0 heterocycles. The smallest absolute Gasteiger partial charge is 0.0637 e. The van der Waals surface area contributed by atoms with Gasteiger partial charge in [0.2, 0.25) is 0 Å². The first-order valence-electron chi connectivity index (χ1n) is 16.6. The van der Waals surface area contributed by atoms with Gasteiger partial charge in [0.25, 0.3) is 0 Å². The molecule has 0 rings (SSSR count). The quantitative estimate of drug-likeness (QED) is 0.142. The van der Waals surface area contributed by atoms with Gasteiger partial charge in [-0.3, -0.25) is 0 Å². The van der Waals surface area contributed by atoms with Crippen molar-refractivity contribution in [3.05, 3.63) is 0 Å². The van der Waals surface area contributed by atoms with Crippen LogP contribution in [-0.2, 0) is 18.9 Å². The summed E-state index contributed by atoms with van der Waals surface area (Å²) in [7, 11) is 0. The van der Waals surface area contributed by atoms with Gasteiger partial charge in [-0.05, 0) is 72.0 Å². The Morgan fingerprint density at radius 2 is 0.643 bits per heavy atom. The van der Waals surface area contributed by atoms with E-state index in [1.807, 2.05) is 0 Å². The van der Waals surface area contributed by atoms with Crippen molar-refractivity contribution in [2.45, 2.75) is 149 Å². The minimum atomic E-state index is -0.409. The summed E-state index contributed by atoms with van der Waals surface area (Å²) in [6, 6.07) is 0. The molecular weight excluding hydrogens is 522 g/mol. The molecular formula is C37H77NO4. The van der Waals surface area contributed by atoms with E-state index in [-0.39, 0.29) is 38.0 Å². The second-order valence-corrected chi connectivity index (χ2v) is 20.1. The summed E-state index contributed by atoms with van der Waals surface area (Å²) >= 11 is 0. The number of nitrogens with two attached hydrogens (primary N) is 1. The fourth-order valence-corrected chi connectivity index (χ4v) is 6.79. The Balaban J connectivity index is 5.98. The van der Waals surface area contributed by atoms with Crippen LogP contribution >= 0.6 is 0 Å². The van der Waals surface area contributed by atoms with Gasteiger partial charge in [0.05, 0.1) is 58.3 Å². The molecule has 0 unspecified atom stereocenters. The van der Waals surface area contributed by atoms with Crippen LogP contribution in [0.5, 0.6) is 0 Å². The van der Waals surface area contributed by atoms with Crippen molar-refractivity contribution in [1.29, 1.82) is 0 Å². The summed E-state index contributed by atoms with van der Waals surface area (Å²) in [6.45, 7) is 43.2. The van der Waals surface area contributed by atoms with Crippen LogP contribution in [0.25, 0.3) is 0 Å². The molecule has 0 bridgehead atoms. The first kappa shape index (κ1) is 41.8.